The Hall–Kier alpha value is -1.88. The minimum Gasteiger partial charge on any atom is -0.318 e. The Morgan fingerprint density at radius 2 is 1.77 bits per heavy atom. The van der Waals surface area contributed by atoms with Gasteiger partial charge in [-0.1, -0.05) is 65.3 Å². The third-order valence-corrected chi connectivity index (χ3v) is 6.33. The van der Waals surface area contributed by atoms with Crippen LogP contribution in [0.2, 0.25) is 10.0 Å². The highest BCUT2D eigenvalue weighted by atomic mass is 35.5. The van der Waals surface area contributed by atoms with Crippen molar-refractivity contribution in [1.82, 2.24) is 9.99 Å². The Morgan fingerprint density at radius 3 is 2.50 bits per heavy atom. The Bertz CT molecular complexity index is 996. The van der Waals surface area contributed by atoms with Gasteiger partial charge < -0.3 is 4.57 Å². The summed E-state index contributed by atoms with van der Waals surface area (Å²) in [7, 11) is 0. The van der Waals surface area contributed by atoms with Gasteiger partial charge in [-0.05, 0) is 38.1 Å². The van der Waals surface area contributed by atoms with Crippen molar-refractivity contribution in [3.63, 3.8) is 0 Å². The maximum atomic E-state index is 6.21. The van der Waals surface area contributed by atoms with E-state index in [1.54, 1.807) is 11.8 Å². The molecule has 0 amide bonds. The van der Waals surface area contributed by atoms with Crippen LogP contribution in [0.3, 0.4) is 0 Å². The number of halogens is 2. The Balaban J connectivity index is 1.64. The molecular formula is C20H17Cl2N3S. The fourth-order valence-corrected chi connectivity index (χ4v) is 4.57. The van der Waals surface area contributed by atoms with Crippen LogP contribution in [-0.2, 0) is 0 Å². The van der Waals surface area contributed by atoms with Crippen molar-refractivity contribution in [3.05, 3.63) is 87.2 Å². The summed E-state index contributed by atoms with van der Waals surface area (Å²) in [5, 5.41) is 6.74. The number of aromatic nitrogens is 1. The van der Waals surface area contributed by atoms with E-state index in [-0.39, 0.29) is 5.37 Å². The van der Waals surface area contributed by atoms with Crippen LogP contribution in [0, 0.1) is 13.8 Å². The molecule has 1 N–H and O–H groups in total. The molecule has 0 unspecified atom stereocenters. The molecule has 0 bridgehead atoms. The summed E-state index contributed by atoms with van der Waals surface area (Å²) >= 11 is 14.0. The van der Waals surface area contributed by atoms with Crippen LogP contribution in [0.15, 0.2) is 59.7 Å². The molecule has 1 atom stereocenters. The zero-order chi connectivity index (χ0) is 18.3. The van der Waals surface area contributed by atoms with E-state index in [2.05, 4.69) is 47.1 Å². The maximum Gasteiger partial charge on any atom is 0.126 e. The largest absolute Gasteiger partial charge is 0.318 e. The lowest BCUT2D eigenvalue weighted by atomic mass is 10.2. The van der Waals surface area contributed by atoms with Crippen molar-refractivity contribution in [2.75, 3.05) is 0 Å². The van der Waals surface area contributed by atoms with Crippen LogP contribution in [0.5, 0.6) is 0 Å². The van der Waals surface area contributed by atoms with Crippen molar-refractivity contribution < 1.29 is 0 Å². The summed E-state index contributed by atoms with van der Waals surface area (Å²) in [6.45, 7) is 4.21. The molecule has 2 aromatic carbocycles. The minimum absolute atomic E-state index is 0.0907. The van der Waals surface area contributed by atoms with Crippen LogP contribution in [0.1, 0.15) is 27.9 Å². The molecule has 4 rings (SSSR count). The van der Waals surface area contributed by atoms with Crippen molar-refractivity contribution in [3.8, 4) is 5.69 Å². The van der Waals surface area contributed by atoms with Gasteiger partial charge in [-0.3, -0.25) is 5.43 Å². The van der Waals surface area contributed by atoms with Gasteiger partial charge in [0.1, 0.15) is 10.4 Å². The molecule has 0 aliphatic carbocycles. The van der Waals surface area contributed by atoms with Crippen molar-refractivity contribution in [2.24, 2.45) is 5.10 Å². The first-order chi connectivity index (χ1) is 12.5. The molecule has 0 radical (unpaired) electrons. The van der Waals surface area contributed by atoms with Crippen LogP contribution in [-0.4, -0.2) is 9.61 Å². The van der Waals surface area contributed by atoms with Gasteiger partial charge in [0.05, 0.1) is 10.0 Å². The average molecular weight is 402 g/mol. The Kier molecular flexibility index (Phi) is 4.74. The monoisotopic (exact) mass is 401 g/mol. The molecule has 6 heteroatoms. The number of hydrogen-bond donors (Lipinski definition) is 1. The highest BCUT2D eigenvalue weighted by Crippen LogP contribution is 2.38. The summed E-state index contributed by atoms with van der Waals surface area (Å²) in [4.78, 5) is 0. The fourth-order valence-electron chi connectivity index (χ4n) is 3.20. The first kappa shape index (κ1) is 17.5. The zero-order valence-corrected chi connectivity index (χ0v) is 16.7. The zero-order valence-electron chi connectivity index (χ0n) is 14.3. The van der Waals surface area contributed by atoms with Crippen molar-refractivity contribution in [1.29, 1.82) is 0 Å². The van der Waals surface area contributed by atoms with Gasteiger partial charge in [0.15, 0.2) is 0 Å². The summed E-state index contributed by atoms with van der Waals surface area (Å²) in [6, 6.07) is 18.1. The van der Waals surface area contributed by atoms with Crippen molar-refractivity contribution in [2.45, 2.75) is 19.2 Å². The standard InChI is InChI=1S/C20H17Cl2N3S/c1-12-10-16(13(2)25(12)15-8-9-17(21)18(22)11-15)20-24-23-19(26-20)14-6-4-3-5-7-14/h3-11,20,24H,1-2H3/t20-/m1/s1. The predicted molar refractivity (Wildman–Crippen MR) is 112 cm³/mol. The van der Waals surface area contributed by atoms with E-state index in [1.165, 1.54) is 5.56 Å². The van der Waals surface area contributed by atoms with E-state index in [4.69, 9.17) is 23.2 Å². The van der Waals surface area contributed by atoms with Crippen LogP contribution >= 0.6 is 35.0 Å². The van der Waals surface area contributed by atoms with Crippen molar-refractivity contribution >= 4 is 40.0 Å². The third-order valence-electron chi connectivity index (χ3n) is 4.45. The number of nitrogens with zero attached hydrogens (tertiary/aromatic N) is 2. The lowest BCUT2D eigenvalue weighted by Gasteiger charge is -2.13. The number of aryl methyl sites for hydroxylation is 1. The fraction of sp³-hybridized carbons (Fsp3) is 0.150. The summed E-state index contributed by atoms with van der Waals surface area (Å²) in [5.41, 5.74) is 8.93. The van der Waals surface area contributed by atoms with Gasteiger partial charge in [-0.15, -0.1) is 0 Å². The van der Waals surface area contributed by atoms with Crippen LogP contribution < -0.4 is 5.43 Å². The van der Waals surface area contributed by atoms with Gasteiger partial charge in [0.25, 0.3) is 0 Å². The normalized spacial score (nSPS) is 16.5. The van der Waals surface area contributed by atoms with Crippen LogP contribution in [0.4, 0.5) is 0 Å². The summed E-state index contributed by atoms with van der Waals surface area (Å²) < 4.78 is 2.19. The molecule has 0 fully saturated rings. The SMILES string of the molecule is Cc1cc([C@@H]2NN=C(c3ccccc3)S2)c(C)n1-c1ccc(Cl)c(Cl)c1. The first-order valence-electron chi connectivity index (χ1n) is 8.24. The van der Waals surface area contributed by atoms with Gasteiger partial charge in [0, 0.05) is 28.2 Å². The van der Waals surface area contributed by atoms with Crippen LogP contribution in [0.25, 0.3) is 5.69 Å². The number of thioether (sulfide) groups is 1. The lowest BCUT2D eigenvalue weighted by Crippen LogP contribution is -2.08. The molecule has 1 aliphatic rings. The predicted octanol–water partition coefficient (Wildman–Crippen LogP) is 6.10. The molecule has 2 heterocycles. The molecule has 1 aromatic heterocycles. The molecule has 3 aromatic rings. The van der Waals surface area contributed by atoms with Gasteiger partial charge in [0.2, 0.25) is 0 Å². The highest BCUT2D eigenvalue weighted by molar-refractivity contribution is 8.14. The highest BCUT2D eigenvalue weighted by Gasteiger charge is 2.26. The molecule has 26 heavy (non-hydrogen) atoms. The minimum atomic E-state index is 0.0907. The van der Waals surface area contributed by atoms with E-state index in [0.717, 1.165) is 27.7 Å². The topological polar surface area (TPSA) is 29.3 Å². The van der Waals surface area contributed by atoms with E-state index in [9.17, 15) is 0 Å². The molecule has 0 spiro atoms. The summed E-state index contributed by atoms with van der Waals surface area (Å²) in [6.07, 6.45) is 0. The van der Waals surface area contributed by atoms with E-state index >= 15 is 0 Å². The Morgan fingerprint density at radius 1 is 1.00 bits per heavy atom. The number of benzene rings is 2. The number of hydrogen-bond acceptors (Lipinski definition) is 3. The number of rotatable bonds is 3. The molecule has 1 aliphatic heterocycles. The van der Waals surface area contributed by atoms with Gasteiger partial charge in [-0.25, -0.2) is 0 Å². The average Bonchev–Trinajstić information content (AvgIpc) is 3.23. The second-order valence-corrected chi connectivity index (χ2v) is 8.08. The van der Waals surface area contributed by atoms with E-state index in [0.29, 0.717) is 10.0 Å². The lowest BCUT2D eigenvalue weighted by molar-refractivity contribution is 0.737. The number of hydrazone groups is 1. The molecule has 132 valence electrons. The second kappa shape index (κ2) is 7.03. The maximum absolute atomic E-state index is 6.21. The molecular weight excluding hydrogens is 385 g/mol. The quantitative estimate of drug-likeness (QED) is 0.574. The first-order valence-corrected chi connectivity index (χ1v) is 9.87. The smallest absolute Gasteiger partial charge is 0.126 e. The molecule has 0 saturated carbocycles. The summed E-state index contributed by atoms with van der Waals surface area (Å²) in [5.74, 6) is 0. The van der Waals surface area contributed by atoms with Gasteiger partial charge in [-0.2, -0.15) is 5.10 Å². The molecule has 0 saturated heterocycles. The molecule has 3 nitrogen and oxygen atoms in total. The second-order valence-electron chi connectivity index (χ2n) is 6.17. The van der Waals surface area contributed by atoms with E-state index < -0.39 is 0 Å². The Labute approximate surface area is 167 Å². The number of nitrogens with one attached hydrogen (secondary N) is 1. The third kappa shape index (κ3) is 3.13. The van der Waals surface area contributed by atoms with Gasteiger partial charge >= 0.3 is 0 Å². The van der Waals surface area contributed by atoms with E-state index in [1.807, 2.05) is 36.4 Å².